The Bertz CT molecular complexity index is 602. The van der Waals surface area contributed by atoms with Gasteiger partial charge in [0.2, 0.25) is 10.0 Å². The Morgan fingerprint density at radius 1 is 1.48 bits per heavy atom. The van der Waals surface area contributed by atoms with Gasteiger partial charge in [-0.3, -0.25) is 0 Å². The summed E-state index contributed by atoms with van der Waals surface area (Å²) >= 11 is 0. The Morgan fingerprint density at radius 2 is 2.14 bits per heavy atom. The van der Waals surface area contributed by atoms with Gasteiger partial charge in [-0.15, -0.1) is 0 Å². The molecule has 2 rings (SSSR count). The normalized spacial score (nSPS) is 17.1. The molecule has 2 N–H and O–H groups in total. The molecule has 0 aliphatic heterocycles. The van der Waals surface area contributed by atoms with Crippen molar-refractivity contribution in [2.75, 3.05) is 26.0 Å². The summed E-state index contributed by atoms with van der Waals surface area (Å²) < 4.78 is 45.4. The molecule has 0 amide bonds. The van der Waals surface area contributed by atoms with Gasteiger partial charge < -0.3 is 10.5 Å². The lowest BCUT2D eigenvalue weighted by Gasteiger charge is -2.28. The van der Waals surface area contributed by atoms with Crippen LogP contribution in [0.1, 0.15) is 19.8 Å². The summed E-state index contributed by atoms with van der Waals surface area (Å²) in [7, 11) is -2.24. The number of ether oxygens (including phenoxy) is 1. The molecule has 0 radical (unpaired) electrons. The maximum atomic E-state index is 13.6. The molecule has 118 valence electrons. The zero-order chi connectivity index (χ0) is 15.6. The number of sulfonamides is 1. The summed E-state index contributed by atoms with van der Waals surface area (Å²) in [4.78, 5) is -0.0715. The highest BCUT2D eigenvalue weighted by atomic mass is 32.2. The first kappa shape index (κ1) is 16.2. The predicted molar refractivity (Wildman–Crippen MR) is 78.8 cm³/mol. The van der Waals surface area contributed by atoms with Gasteiger partial charge in [-0.1, -0.05) is 0 Å². The summed E-state index contributed by atoms with van der Waals surface area (Å²) in [6.45, 7) is 2.44. The number of rotatable bonds is 7. The Balaban J connectivity index is 2.33. The number of nitrogens with zero attached hydrogens (tertiary/aromatic N) is 1. The first-order valence-corrected chi connectivity index (χ1v) is 8.37. The topological polar surface area (TPSA) is 72.6 Å². The SMILES string of the molecule is COCCN(C(C)C1CC1)S(=O)(=O)c1ccc(N)c(F)c1. The fraction of sp³-hybridized carbons (Fsp3) is 0.571. The number of hydrogen-bond acceptors (Lipinski definition) is 4. The van der Waals surface area contributed by atoms with Gasteiger partial charge in [0.05, 0.1) is 17.2 Å². The van der Waals surface area contributed by atoms with E-state index in [1.54, 1.807) is 0 Å². The van der Waals surface area contributed by atoms with Gasteiger partial charge in [0.15, 0.2) is 0 Å². The van der Waals surface area contributed by atoms with Gasteiger partial charge in [0.25, 0.3) is 0 Å². The number of hydrogen-bond donors (Lipinski definition) is 1. The van der Waals surface area contributed by atoms with Gasteiger partial charge in [-0.05, 0) is 43.9 Å². The van der Waals surface area contributed by atoms with Crippen molar-refractivity contribution < 1.29 is 17.5 Å². The maximum Gasteiger partial charge on any atom is 0.243 e. The van der Waals surface area contributed by atoms with E-state index in [1.165, 1.54) is 23.5 Å². The average Bonchev–Trinajstić information content (AvgIpc) is 3.26. The van der Waals surface area contributed by atoms with Crippen molar-refractivity contribution in [2.45, 2.75) is 30.7 Å². The van der Waals surface area contributed by atoms with Crippen LogP contribution in [0.2, 0.25) is 0 Å². The van der Waals surface area contributed by atoms with Crippen molar-refractivity contribution in [3.05, 3.63) is 24.0 Å². The molecule has 0 aromatic heterocycles. The fourth-order valence-electron chi connectivity index (χ4n) is 2.34. The summed E-state index contributed by atoms with van der Waals surface area (Å²) in [5.41, 5.74) is 5.34. The molecule has 1 unspecified atom stereocenters. The van der Waals surface area contributed by atoms with E-state index in [2.05, 4.69) is 0 Å². The third-order valence-corrected chi connectivity index (χ3v) is 5.84. The third-order valence-electron chi connectivity index (χ3n) is 3.85. The highest BCUT2D eigenvalue weighted by Gasteiger charge is 2.38. The molecule has 1 aliphatic rings. The quantitative estimate of drug-likeness (QED) is 0.779. The van der Waals surface area contributed by atoms with Crippen LogP contribution in [0.5, 0.6) is 0 Å². The molecule has 0 spiro atoms. The van der Waals surface area contributed by atoms with E-state index < -0.39 is 15.8 Å². The number of nitrogens with two attached hydrogens (primary N) is 1. The average molecular weight is 316 g/mol. The summed E-state index contributed by atoms with van der Waals surface area (Å²) in [5.74, 6) is -0.350. The molecule has 1 aliphatic carbocycles. The summed E-state index contributed by atoms with van der Waals surface area (Å²) in [5, 5.41) is 0. The minimum Gasteiger partial charge on any atom is -0.396 e. The molecule has 0 heterocycles. The van der Waals surface area contributed by atoms with Gasteiger partial charge in [-0.25, -0.2) is 12.8 Å². The zero-order valence-corrected chi connectivity index (χ0v) is 13.1. The minimum atomic E-state index is -3.76. The van der Waals surface area contributed by atoms with Crippen LogP contribution in [0.15, 0.2) is 23.1 Å². The van der Waals surface area contributed by atoms with Crippen LogP contribution >= 0.6 is 0 Å². The number of methoxy groups -OCH3 is 1. The highest BCUT2D eigenvalue weighted by molar-refractivity contribution is 7.89. The predicted octanol–water partition coefficient (Wildman–Crippen LogP) is 1.84. The Labute approximate surface area is 124 Å². The van der Waals surface area contributed by atoms with Crippen molar-refractivity contribution in [1.29, 1.82) is 0 Å². The second kappa shape index (κ2) is 6.29. The Kier molecular flexibility index (Phi) is 4.85. The van der Waals surface area contributed by atoms with Crippen LogP contribution in [-0.2, 0) is 14.8 Å². The minimum absolute atomic E-state index is 0.0624. The van der Waals surface area contributed by atoms with Crippen molar-refractivity contribution in [2.24, 2.45) is 5.92 Å². The smallest absolute Gasteiger partial charge is 0.243 e. The largest absolute Gasteiger partial charge is 0.396 e. The van der Waals surface area contributed by atoms with Gasteiger partial charge in [-0.2, -0.15) is 4.31 Å². The van der Waals surface area contributed by atoms with Gasteiger partial charge in [0.1, 0.15) is 5.82 Å². The maximum absolute atomic E-state index is 13.6. The lowest BCUT2D eigenvalue weighted by molar-refractivity contribution is 0.164. The lowest BCUT2D eigenvalue weighted by Crippen LogP contribution is -2.41. The number of benzene rings is 1. The summed E-state index contributed by atoms with van der Waals surface area (Å²) in [6.07, 6.45) is 2.05. The van der Waals surface area contributed by atoms with Gasteiger partial charge in [0, 0.05) is 19.7 Å². The fourth-order valence-corrected chi connectivity index (χ4v) is 4.03. The van der Waals surface area contributed by atoms with E-state index in [-0.39, 0.29) is 23.2 Å². The molecule has 1 saturated carbocycles. The molecule has 0 bridgehead atoms. The Morgan fingerprint density at radius 3 is 2.67 bits per heavy atom. The molecule has 1 fully saturated rings. The lowest BCUT2D eigenvalue weighted by atomic mass is 10.2. The first-order valence-electron chi connectivity index (χ1n) is 6.93. The van der Waals surface area contributed by atoms with Crippen LogP contribution in [0.25, 0.3) is 0 Å². The van der Waals surface area contributed by atoms with E-state index in [9.17, 15) is 12.8 Å². The molecular weight excluding hydrogens is 295 g/mol. The zero-order valence-electron chi connectivity index (χ0n) is 12.3. The standard InChI is InChI=1S/C14H21FN2O3S/c1-10(11-3-4-11)17(7-8-20-2)21(18,19)12-5-6-14(16)13(15)9-12/h5-6,9-11H,3-4,7-8,16H2,1-2H3. The Hall–Kier alpha value is -1.18. The van der Waals surface area contributed by atoms with Crippen molar-refractivity contribution in [3.8, 4) is 0 Å². The van der Waals surface area contributed by atoms with E-state index in [0.717, 1.165) is 18.9 Å². The molecule has 0 saturated heterocycles. The molecule has 21 heavy (non-hydrogen) atoms. The van der Waals surface area contributed by atoms with Crippen molar-refractivity contribution in [3.63, 3.8) is 0 Å². The van der Waals surface area contributed by atoms with E-state index in [4.69, 9.17) is 10.5 Å². The van der Waals surface area contributed by atoms with Crippen LogP contribution in [0, 0.1) is 11.7 Å². The van der Waals surface area contributed by atoms with Crippen molar-refractivity contribution in [1.82, 2.24) is 4.31 Å². The summed E-state index contributed by atoms with van der Waals surface area (Å²) in [6, 6.07) is 3.47. The molecule has 1 aromatic carbocycles. The van der Waals surface area contributed by atoms with E-state index >= 15 is 0 Å². The monoisotopic (exact) mass is 316 g/mol. The van der Waals surface area contributed by atoms with Crippen LogP contribution < -0.4 is 5.73 Å². The van der Waals surface area contributed by atoms with Crippen LogP contribution in [0.3, 0.4) is 0 Å². The number of halogens is 1. The third kappa shape index (κ3) is 3.53. The molecule has 7 heteroatoms. The number of nitrogen functional groups attached to an aromatic ring is 1. The molecule has 5 nitrogen and oxygen atoms in total. The molecule has 1 atom stereocenters. The second-order valence-electron chi connectivity index (χ2n) is 5.37. The molecule has 1 aromatic rings. The molecular formula is C14H21FN2O3S. The van der Waals surface area contributed by atoms with E-state index in [0.29, 0.717) is 12.5 Å². The van der Waals surface area contributed by atoms with Crippen molar-refractivity contribution >= 4 is 15.7 Å². The highest BCUT2D eigenvalue weighted by Crippen LogP contribution is 2.37. The van der Waals surface area contributed by atoms with Gasteiger partial charge >= 0.3 is 0 Å². The van der Waals surface area contributed by atoms with Crippen LogP contribution in [0.4, 0.5) is 10.1 Å². The number of anilines is 1. The first-order chi connectivity index (χ1) is 9.87. The van der Waals surface area contributed by atoms with E-state index in [1.807, 2.05) is 6.92 Å². The second-order valence-corrected chi connectivity index (χ2v) is 7.26. The van der Waals surface area contributed by atoms with Crippen LogP contribution in [-0.4, -0.2) is 39.0 Å².